The van der Waals surface area contributed by atoms with E-state index in [-0.39, 0.29) is 40.5 Å². The maximum Gasteiger partial charge on any atom is 0.266 e. The minimum absolute atomic E-state index is 0.0438. The van der Waals surface area contributed by atoms with Gasteiger partial charge >= 0.3 is 0 Å². The van der Waals surface area contributed by atoms with Crippen molar-refractivity contribution in [3.63, 3.8) is 0 Å². The van der Waals surface area contributed by atoms with Crippen LogP contribution >= 0.6 is 11.6 Å². The Kier molecular flexibility index (Phi) is 11.7. The highest BCUT2D eigenvalue weighted by Gasteiger charge is 2.21. The second kappa shape index (κ2) is 15.0. The summed E-state index contributed by atoms with van der Waals surface area (Å²) in [4.78, 5) is 34.0. The third-order valence-electron chi connectivity index (χ3n) is 6.23. The van der Waals surface area contributed by atoms with Crippen molar-refractivity contribution in [2.75, 3.05) is 50.8 Å². The summed E-state index contributed by atoms with van der Waals surface area (Å²) in [5.41, 5.74) is 12.0. The number of hydrogen-bond donors (Lipinski definition) is 4. The molecule has 6 N–H and O–H groups in total. The lowest BCUT2D eigenvalue weighted by Gasteiger charge is -2.34. The number of carbonyl (C=O) groups excluding carboxylic acids is 2. The molecule has 3 aromatic rings. The first-order valence-corrected chi connectivity index (χ1v) is 14.6. The third kappa shape index (κ3) is 9.79. The molecule has 17 heteroatoms. The molecule has 1 aromatic heterocycles. The zero-order valence-corrected chi connectivity index (χ0v) is 24.2. The number of nitrogen functional groups attached to an aromatic ring is 1. The molecule has 0 radical (unpaired) electrons. The Labute approximate surface area is 250 Å². The van der Waals surface area contributed by atoms with E-state index in [4.69, 9.17) is 37.5 Å². The molecule has 0 bridgehead atoms. The standard InChI is InChI=1S/C18H13ClF2N4O2.C8H16N2O5S/c19-15-11(12(20)4-5-13(15)21)8-27-18-16(22)24-7-14(25-18)9-2-1-3-10(6-9)17(23)26;11-7-8(12)10-3-1-9(2-4-10)5-6-16(13,14)15/h1-7H,8H2,(H2,22,24)(H2,23,26);11H,1-7H2,(H,13,14,15). The van der Waals surface area contributed by atoms with E-state index in [0.29, 0.717) is 43.0 Å². The van der Waals surface area contributed by atoms with Crippen LogP contribution in [0.3, 0.4) is 0 Å². The van der Waals surface area contributed by atoms with Crippen molar-refractivity contribution in [2.24, 2.45) is 5.73 Å². The van der Waals surface area contributed by atoms with Gasteiger partial charge in [-0.15, -0.1) is 0 Å². The van der Waals surface area contributed by atoms with E-state index in [1.165, 1.54) is 17.2 Å². The number of anilines is 1. The molecular formula is C26H29ClF2N6O7S. The van der Waals surface area contributed by atoms with Gasteiger partial charge in [0.2, 0.25) is 11.8 Å². The van der Waals surface area contributed by atoms with E-state index in [1.807, 2.05) is 4.90 Å². The van der Waals surface area contributed by atoms with Crippen LogP contribution in [0.1, 0.15) is 15.9 Å². The highest BCUT2D eigenvalue weighted by Crippen LogP contribution is 2.27. The van der Waals surface area contributed by atoms with Gasteiger partial charge in [-0.3, -0.25) is 19.0 Å². The monoisotopic (exact) mass is 642 g/mol. The van der Waals surface area contributed by atoms with E-state index in [2.05, 4.69) is 9.97 Å². The number of piperazine rings is 1. The zero-order chi connectivity index (χ0) is 31.7. The largest absolute Gasteiger partial charge is 0.470 e. The molecule has 0 spiro atoms. The summed E-state index contributed by atoms with van der Waals surface area (Å²) >= 11 is 5.77. The van der Waals surface area contributed by atoms with E-state index < -0.39 is 40.9 Å². The van der Waals surface area contributed by atoms with Crippen molar-refractivity contribution in [1.82, 2.24) is 19.8 Å². The quantitative estimate of drug-likeness (QED) is 0.194. The summed E-state index contributed by atoms with van der Waals surface area (Å²) in [6, 6.07) is 8.29. The number of aliphatic hydroxyl groups is 1. The number of aromatic nitrogens is 2. The molecule has 43 heavy (non-hydrogen) atoms. The Morgan fingerprint density at radius 2 is 1.77 bits per heavy atom. The fourth-order valence-corrected chi connectivity index (χ4v) is 4.56. The van der Waals surface area contributed by atoms with Gasteiger partial charge in [-0.25, -0.2) is 18.7 Å². The summed E-state index contributed by atoms with van der Waals surface area (Å²) < 4.78 is 62.4. The minimum Gasteiger partial charge on any atom is -0.470 e. The number of primary amides is 1. The number of ether oxygens (including phenoxy) is 1. The number of rotatable bonds is 9. The van der Waals surface area contributed by atoms with Crippen molar-refractivity contribution >= 4 is 39.4 Å². The SMILES string of the molecule is NC(=O)c1cccc(-c2cnc(N)c(OCc3c(F)ccc(F)c3Cl)n2)c1.O=C(CO)N1CCN(CCS(=O)(=O)O)CC1. The van der Waals surface area contributed by atoms with Crippen molar-refractivity contribution in [2.45, 2.75) is 6.61 Å². The van der Waals surface area contributed by atoms with Crippen molar-refractivity contribution in [3.8, 4) is 17.1 Å². The van der Waals surface area contributed by atoms with E-state index in [9.17, 15) is 26.8 Å². The first-order valence-electron chi connectivity index (χ1n) is 12.6. The van der Waals surface area contributed by atoms with Crippen LogP contribution in [0.2, 0.25) is 5.02 Å². The number of hydrogen-bond acceptors (Lipinski definition) is 10. The smallest absolute Gasteiger partial charge is 0.266 e. The lowest BCUT2D eigenvalue weighted by molar-refractivity contribution is -0.135. The molecule has 2 aromatic carbocycles. The minimum atomic E-state index is -3.92. The molecule has 0 aliphatic carbocycles. The lowest BCUT2D eigenvalue weighted by Crippen LogP contribution is -2.50. The van der Waals surface area contributed by atoms with Gasteiger partial charge in [0.05, 0.1) is 22.7 Å². The predicted molar refractivity (Wildman–Crippen MR) is 153 cm³/mol. The number of nitrogens with two attached hydrogens (primary N) is 2. The number of halogens is 3. The molecule has 1 aliphatic heterocycles. The Balaban J connectivity index is 0.000000271. The zero-order valence-electron chi connectivity index (χ0n) is 22.6. The number of aliphatic hydroxyl groups excluding tert-OH is 1. The molecule has 232 valence electrons. The molecule has 0 unspecified atom stereocenters. The van der Waals surface area contributed by atoms with Crippen LogP contribution in [-0.2, 0) is 21.5 Å². The molecule has 0 atom stereocenters. The normalized spacial score (nSPS) is 13.7. The van der Waals surface area contributed by atoms with Gasteiger partial charge in [0.25, 0.3) is 16.0 Å². The Morgan fingerprint density at radius 3 is 2.40 bits per heavy atom. The molecule has 1 fully saturated rings. The highest BCUT2D eigenvalue weighted by atomic mass is 35.5. The Morgan fingerprint density at radius 1 is 1.09 bits per heavy atom. The van der Waals surface area contributed by atoms with E-state index in [1.54, 1.807) is 18.2 Å². The number of amides is 2. The fraction of sp³-hybridized carbons (Fsp3) is 0.308. The molecule has 13 nitrogen and oxygen atoms in total. The molecule has 0 saturated carbocycles. The summed E-state index contributed by atoms with van der Waals surface area (Å²) in [7, 11) is -3.92. The topological polar surface area (TPSA) is 202 Å². The van der Waals surface area contributed by atoms with Crippen LogP contribution in [-0.4, -0.2) is 94.7 Å². The maximum absolute atomic E-state index is 13.9. The first kappa shape index (κ1) is 33.5. The third-order valence-corrected chi connectivity index (χ3v) is 7.33. The number of carbonyl (C=O) groups is 2. The van der Waals surface area contributed by atoms with Crippen LogP contribution in [0.4, 0.5) is 14.6 Å². The predicted octanol–water partition coefficient (Wildman–Crippen LogP) is 1.35. The lowest BCUT2D eigenvalue weighted by atomic mass is 10.1. The van der Waals surface area contributed by atoms with Gasteiger partial charge in [-0.05, 0) is 24.3 Å². The second-order valence-corrected chi connectivity index (χ2v) is 11.1. The van der Waals surface area contributed by atoms with Crippen LogP contribution in [0, 0.1) is 11.6 Å². The Hall–Kier alpha value is -3.96. The molecular weight excluding hydrogens is 614 g/mol. The molecule has 2 amide bonds. The van der Waals surface area contributed by atoms with Crippen LogP contribution in [0.5, 0.6) is 5.88 Å². The Bertz CT molecular complexity index is 1570. The number of benzene rings is 2. The van der Waals surface area contributed by atoms with Gasteiger partial charge in [-0.2, -0.15) is 8.42 Å². The summed E-state index contributed by atoms with van der Waals surface area (Å²) in [5, 5.41) is 8.26. The highest BCUT2D eigenvalue weighted by molar-refractivity contribution is 7.85. The first-order chi connectivity index (χ1) is 20.3. The summed E-state index contributed by atoms with van der Waals surface area (Å²) in [6.45, 7) is 1.44. The molecule has 2 heterocycles. The van der Waals surface area contributed by atoms with E-state index in [0.717, 1.165) is 12.1 Å². The second-order valence-electron chi connectivity index (χ2n) is 9.17. The van der Waals surface area contributed by atoms with Crippen molar-refractivity contribution < 1.29 is 41.2 Å². The van der Waals surface area contributed by atoms with Crippen LogP contribution in [0.15, 0.2) is 42.6 Å². The summed E-state index contributed by atoms with van der Waals surface area (Å²) in [6.07, 6.45) is 1.39. The molecule has 1 saturated heterocycles. The van der Waals surface area contributed by atoms with Gasteiger partial charge in [0.1, 0.15) is 24.8 Å². The van der Waals surface area contributed by atoms with E-state index >= 15 is 0 Å². The fourth-order valence-electron chi connectivity index (χ4n) is 3.87. The molecule has 4 rings (SSSR count). The van der Waals surface area contributed by atoms with Crippen LogP contribution < -0.4 is 16.2 Å². The summed E-state index contributed by atoms with van der Waals surface area (Å²) in [5.74, 6) is -2.82. The molecule has 1 aliphatic rings. The number of nitrogens with zero attached hydrogens (tertiary/aromatic N) is 4. The van der Waals surface area contributed by atoms with Crippen LogP contribution in [0.25, 0.3) is 11.3 Å². The van der Waals surface area contributed by atoms with Gasteiger partial charge in [0.15, 0.2) is 5.82 Å². The van der Waals surface area contributed by atoms with Crippen molar-refractivity contribution in [1.29, 1.82) is 0 Å². The average Bonchev–Trinajstić information content (AvgIpc) is 2.98. The van der Waals surface area contributed by atoms with Gasteiger partial charge in [-0.1, -0.05) is 23.7 Å². The van der Waals surface area contributed by atoms with Gasteiger partial charge in [0, 0.05) is 49.4 Å². The maximum atomic E-state index is 13.9. The average molecular weight is 643 g/mol. The van der Waals surface area contributed by atoms with Gasteiger partial charge < -0.3 is 26.2 Å². The van der Waals surface area contributed by atoms with Crippen molar-refractivity contribution in [3.05, 3.63) is 70.4 Å².